The monoisotopic (exact) mass is 229 g/mol. The maximum atomic E-state index is 5.46. The Hall–Kier alpha value is -1.84. The van der Waals surface area contributed by atoms with Crippen molar-refractivity contribution in [2.75, 3.05) is 12.4 Å². The molecule has 0 unspecified atom stereocenters. The molecule has 4 heteroatoms. The largest absolute Gasteiger partial charge is 0.461 e. The molecule has 2 heterocycles. The lowest BCUT2D eigenvalue weighted by Crippen LogP contribution is -2.03. The van der Waals surface area contributed by atoms with Crippen LogP contribution >= 0.6 is 0 Å². The van der Waals surface area contributed by atoms with Crippen molar-refractivity contribution in [3.63, 3.8) is 0 Å². The molecule has 0 saturated carbocycles. The molecule has 0 aromatic carbocycles. The Kier molecular flexibility index (Phi) is 2.35. The lowest BCUT2D eigenvalue weighted by atomic mass is 10.2. The van der Waals surface area contributed by atoms with Gasteiger partial charge in [-0.15, -0.1) is 0 Å². The minimum Gasteiger partial charge on any atom is -0.461 e. The fourth-order valence-corrected chi connectivity index (χ4v) is 2.34. The van der Waals surface area contributed by atoms with Gasteiger partial charge in [0.25, 0.3) is 0 Å². The second kappa shape index (κ2) is 3.87. The molecule has 2 aromatic rings. The summed E-state index contributed by atoms with van der Waals surface area (Å²) >= 11 is 0. The molecule has 0 radical (unpaired) electrons. The van der Waals surface area contributed by atoms with Crippen molar-refractivity contribution < 1.29 is 4.42 Å². The fourth-order valence-electron chi connectivity index (χ4n) is 2.34. The van der Waals surface area contributed by atoms with Crippen LogP contribution in [0.3, 0.4) is 0 Å². The average Bonchev–Trinajstić information content (AvgIpc) is 2.95. The highest BCUT2D eigenvalue weighted by molar-refractivity contribution is 5.58. The number of nitrogens with one attached hydrogen (secondary N) is 1. The number of hydrogen-bond donors (Lipinski definition) is 1. The third-order valence-electron chi connectivity index (χ3n) is 3.24. The van der Waals surface area contributed by atoms with Gasteiger partial charge in [0.15, 0.2) is 11.6 Å². The lowest BCUT2D eigenvalue weighted by molar-refractivity contribution is 0.575. The van der Waals surface area contributed by atoms with Crippen LogP contribution in [0.1, 0.15) is 23.2 Å². The Balaban J connectivity index is 2.16. The summed E-state index contributed by atoms with van der Waals surface area (Å²) in [6.45, 7) is 2.01. The van der Waals surface area contributed by atoms with Crippen molar-refractivity contribution in [3.8, 4) is 11.6 Å². The minimum atomic E-state index is 0.692. The molecule has 0 saturated heterocycles. The van der Waals surface area contributed by atoms with Crippen LogP contribution in [0.5, 0.6) is 0 Å². The van der Waals surface area contributed by atoms with Crippen LogP contribution in [-0.4, -0.2) is 17.0 Å². The maximum absolute atomic E-state index is 5.46. The molecular weight excluding hydrogens is 214 g/mol. The van der Waals surface area contributed by atoms with E-state index in [1.165, 1.54) is 12.0 Å². The van der Waals surface area contributed by atoms with Crippen molar-refractivity contribution in [2.45, 2.75) is 26.2 Å². The van der Waals surface area contributed by atoms with Gasteiger partial charge in [0.1, 0.15) is 5.82 Å². The number of hydrogen-bond acceptors (Lipinski definition) is 4. The molecule has 88 valence electrons. The quantitative estimate of drug-likeness (QED) is 0.859. The van der Waals surface area contributed by atoms with Gasteiger partial charge in [0.2, 0.25) is 0 Å². The summed E-state index contributed by atoms with van der Waals surface area (Å²) in [6, 6.07) is 1.94. The minimum absolute atomic E-state index is 0.692. The molecule has 1 N–H and O–H groups in total. The summed E-state index contributed by atoms with van der Waals surface area (Å²) in [5.74, 6) is 2.41. The number of aryl methyl sites for hydroxylation is 2. The number of aromatic nitrogens is 2. The second-order valence-electron chi connectivity index (χ2n) is 4.36. The van der Waals surface area contributed by atoms with E-state index in [9.17, 15) is 0 Å². The molecule has 2 aromatic heterocycles. The number of fused-ring (bicyclic) bond motifs is 1. The first-order valence-electron chi connectivity index (χ1n) is 5.91. The first-order valence-corrected chi connectivity index (χ1v) is 5.91. The molecule has 4 nitrogen and oxygen atoms in total. The van der Waals surface area contributed by atoms with Crippen LogP contribution in [0.15, 0.2) is 16.7 Å². The van der Waals surface area contributed by atoms with Crippen molar-refractivity contribution >= 4 is 5.82 Å². The highest BCUT2D eigenvalue weighted by Gasteiger charge is 2.20. The van der Waals surface area contributed by atoms with Gasteiger partial charge in [0, 0.05) is 18.3 Å². The van der Waals surface area contributed by atoms with Gasteiger partial charge in [-0.25, -0.2) is 9.97 Å². The maximum Gasteiger partial charge on any atom is 0.198 e. The van der Waals surface area contributed by atoms with Crippen LogP contribution in [0.2, 0.25) is 0 Å². The molecule has 1 aliphatic carbocycles. The molecule has 0 spiro atoms. The van der Waals surface area contributed by atoms with Crippen molar-refractivity contribution in [3.05, 3.63) is 29.2 Å². The smallest absolute Gasteiger partial charge is 0.198 e. The Bertz CT molecular complexity index is 560. The lowest BCUT2D eigenvalue weighted by Gasteiger charge is -2.08. The van der Waals surface area contributed by atoms with Gasteiger partial charge in [0.05, 0.1) is 6.26 Å². The number of anilines is 1. The van der Waals surface area contributed by atoms with Crippen LogP contribution in [0, 0.1) is 6.92 Å². The molecule has 0 fully saturated rings. The zero-order valence-corrected chi connectivity index (χ0v) is 10.1. The van der Waals surface area contributed by atoms with Gasteiger partial charge in [-0.3, -0.25) is 0 Å². The van der Waals surface area contributed by atoms with Crippen molar-refractivity contribution in [2.24, 2.45) is 0 Å². The van der Waals surface area contributed by atoms with Crippen LogP contribution in [0.4, 0.5) is 5.82 Å². The summed E-state index contributed by atoms with van der Waals surface area (Å²) in [5, 5.41) is 3.16. The Morgan fingerprint density at radius 2 is 2.18 bits per heavy atom. The van der Waals surface area contributed by atoms with E-state index in [1.54, 1.807) is 6.26 Å². The number of rotatable bonds is 2. The second-order valence-corrected chi connectivity index (χ2v) is 4.36. The summed E-state index contributed by atoms with van der Waals surface area (Å²) in [4.78, 5) is 9.17. The highest BCUT2D eigenvalue weighted by Crippen LogP contribution is 2.30. The predicted molar refractivity (Wildman–Crippen MR) is 66.0 cm³/mol. The zero-order valence-electron chi connectivity index (χ0n) is 10.1. The molecule has 1 aliphatic rings. The third kappa shape index (κ3) is 1.60. The molecule has 0 aliphatic heterocycles. The Morgan fingerprint density at radius 1 is 1.29 bits per heavy atom. The Labute approximate surface area is 100 Å². The standard InChI is InChI=1S/C13H15N3O/c1-8-6-7-17-11(8)13-15-10-5-3-4-9(10)12(14-2)16-13/h6-7H,3-5H2,1-2H3,(H,14,15,16). The van der Waals surface area contributed by atoms with Crippen molar-refractivity contribution in [1.82, 2.24) is 9.97 Å². The summed E-state index contributed by atoms with van der Waals surface area (Å²) in [7, 11) is 1.90. The normalized spacial score (nSPS) is 13.8. The average molecular weight is 229 g/mol. The van der Waals surface area contributed by atoms with E-state index in [0.717, 1.165) is 35.7 Å². The van der Waals surface area contributed by atoms with E-state index in [0.29, 0.717) is 5.82 Å². The summed E-state index contributed by atoms with van der Waals surface area (Å²) < 4.78 is 5.46. The molecule has 17 heavy (non-hydrogen) atoms. The summed E-state index contributed by atoms with van der Waals surface area (Å²) in [6.07, 6.45) is 4.96. The first-order chi connectivity index (χ1) is 8.29. The van der Waals surface area contributed by atoms with Gasteiger partial charge in [-0.05, 0) is 37.8 Å². The predicted octanol–water partition coefficient (Wildman–Crippen LogP) is 2.58. The third-order valence-corrected chi connectivity index (χ3v) is 3.24. The number of furan rings is 1. The van der Waals surface area contributed by atoms with Crippen LogP contribution < -0.4 is 5.32 Å². The molecule has 0 atom stereocenters. The Morgan fingerprint density at radius 3 is 2.88 bits per heavy atom. The molecule has 0 bridgehead atoms. The summed E-state index contributed by atoms with van der Waals surface area (Å²) in [5.41, 5.74) is 3.50. The van der Waals surface area contributed by atoms with Crippen molar-refractivity contribution in [1.29, 1.82) is 0 Å². The highest BCUT2D eigenvalue weighted by atomic mass is 16.3. The molecular formula is C13H15N3O. The van der Waals surface area contributed by atoms with Crippen LogP contribution in [-0.2, 0) is 12.8 Å². The molecule has 0 amide bonds. The van der Waals surface area contributed by atoms with Gasteiger partial charge in [-0.1, -0.05) is 0 Å². The molecule has 3 rings (SSSR count). The van der Waals surface area contributed by atoms with E-state index in [1.807, 2.05) is 20.0 Å². The topological polar surface area (TPSA) is 51.0 Å². The van der Waals surface area contributed by atoms with E-state index in [4.69, 9.17) is 4.42 Å². The zero-order chi connectivity index (χ0) is 11.8. The van der Waals surface area contributed by atoms with Gasteiger partial charge >= 0.3 is 0 Å². The van der Waals surface area contributed by atoms with E-state index in [-0.39, 0.29) is 0 Å². The first kappa shape index (κ1) is 10.3. The van der Waals surface area contributed by atoms with E-state index >= 15 is 0 Å². The number of nitrogens with zero attached hydrogens (tertiary/aromatic N) is 2. The van der Waals surface area contributed by atoms with Gasteiger partial charge < -0.3 is 9.73 Å². The van der Waals surface area contributed by atoms with E-state index in [2.05, 4.69) is 15.3 Å². The van der Waals surface area contributed by atoms with Gasteiger partial charge in [-0.2, -0.15) is 0 Å². The van der Waals surface area contributed by atoms with Crippen LogP contribution in [0.25, 0.3) is 11.6 Å². The fraction of sp³-hybridized carbons (Fsp3) is 0.385. The SMILES string of the molecule is CNc1nc(-c2occc2C)nc2c1CCC2. The van der Waals surface area contributed by atoms with E-state index < -0.39 is 0 Å².